The number of nitro groups is 1. The first kappa shape index (κ1) is 14.3. The Morgan fingerprint density at radius 3 is 2.55 bits per heavy atom. The summed E-state index contributed by atoms with van der Waals surface area (Å²) in [5.74, 6) is 0.320. The van der Waals surface area contributed by atoms with Gasteiger partial charge in [0, 0.05) is 10.5 Å². The van der Waals surface area contributed by atoms with E-state index in [0.29, 0.717) is 10.0 Å². The van der Waals surface area contributed by atoms with E-state index < -0.39 is 4.92 Å². The third kappa shape index (κ3) is 3.07. The minimum atomic E-state index is -0.544. The minimum Gasteiger partial charge on any atom is -0.449 e. The summed E-state index contributed by atoms with van der Waals surface area (Å²) in [6, 6.07) is 10.8. The van der Waals surface area contributed by atoms with E-state index in [1.165, 1.54) is 30.3 Å². The lowest BCUT2D eigenvalue weighted by Crippen LogP contribution is -1.94. The zero-order valence-corrected chi connectivity index (χ0v) is 12.2. The second-order valence-corrected chi connectivity index (χ2v) is 5.05. The van der Waals surface area contributed by atoms with Crippen LogP contribution in [0.5, 0.6) is 11.5 Å². The largest absolute Gasteiger partial charge is 0.449 e. The van der Waals surface area contributed by atoms with Gasteiger partial charge < -0.3 is 4.74 Å². The Bertz CT molecular complexity index is 728. The van der Waals surface area contributed by atoms with Crippen LogP contribution in [-0.2, 0) is 0 Å². The number of nitrogens with zero attached hydrogens (tertiary/aromatic N) is 2. The quantitative estimate of drug-likeness (QED) is 0.593. The highest BCUT2D eigenvalue weighted by Gasteiger charge is 2.17. The van der Waals surface area contributed by atoms with Crippen LogP contribution in [0.4, 0.5) is 5.69 Å². The van der Waals surface area contributed by atoms with Gasteiger partial charge in [-0.05, 0) is 30.3 Å². The molecule has 2 rings (SSSR count). The molecule has 0 spiro atoms. The first-order valence-corrected chi connectivity index (χ1v) is 6.50. The summed E-state index contributed by atoms with van der Waals surface area (Å²) in [6.45, 7) is 0. The van der Waals surface area contributed by atoms with E-state index in [1.807, 2.05) is 6.07 Å². The van der Waals surface area contributed by atoms with Crippen molar-refractivity contribution in [2.45, 2.75) is 0 Å². The van der Waals surface area contributed by atoms with Crippen molar-refractivity contribution in [2.75, 3.05) is 0 Å². The Morgan fingerprint density at radius 2 is 1.95 bits per heavy atom. The normalized spacial score (nSPS) is 9.85. The summed E-state index contributed by atoms with van der Waals surface area (Å²) in [5.41, 5.74) is 0.201. The summed E-state index contributed by atoms with van der Waals surface area (Å²) in [6.07, 6.45) is 0. The van der Waals surface area contributed by atoms with E-state index in [1.54, 1.807) is 6.07 Å². The van der Waals surface area contributed by atoms with Crippen LogP contribution in [0.2, 0.25) is 5.02 Å². The minimum absolute atomic E-state index is 0.0739. The highest BCUT2D eigenvalue weighted by molar-refractivity contribution is 9.10. The number of nitro benzene ring substituents is 1. The molecule has 0 amide bonds. The van der Waals surface area contributed by atoms with Crippen molar-refractivity contribution in [2.24, 2.45) is 0 Å². The van der Waals surface area contributed by atoms with Gasteiger partial charge in [-0.25, -0.2) is 0 Å². The van der Waals surface area contributed by atoms with E-state index in [2.05, 4.69) is 15.9 Å². The smallest absolute Gasteiger partial charge is 0.312 e. The van der Waals surface area contributed by atoms with Gasteiger partial charge in [0.2, 0.25) is 5.75 Å². The molecule has 2 aromatic carbocycles. The summed E-state index contributed by atoms with van der Waals surface area (Å²) < 4.78 is 6.02. The lowest BCUT2D eigenvalue weighted by molar-refractivity contribution is -0.385. The van der Waals surface area contributed by atoms with Crippen molar-refractivity contribution in [3.63, 3.8) is 0 Å². The van der Waals surface area contributed by atoms with Crippen LogP contribution in [0.3, 0.4) is 0 Å². The summed E-state index contributed by atoms with van der Waals surface area (Å²) in [4.78, 5) is 10.4. The molecule has 2 aromatic rings. The molecule has 7 heteroatoms. The molecular formula is C13H6BrClN2O3. The molecule has 0 unspecified atom stereocenters. The Balaban J connectivity index is 2.40. The number of ether oxygens (including phenoxy) is 1. The Labute approximate surface area is 127 Å². The zero-order chi connectivity index (χ0) is 14.7. The van der Waals surface area contributed by atoms with E-state index in [4.69, 9.17) is 21.6 Å². The molecule has 0 aliphatic rings. The lowest BCUT2D eigenvalue weighted by Gasteiger charge is -2.08. The van der Waals surface area contributed by atoms with Gasteiger partial charge >= 0.3 is 5.69 Å². The van der Waals surface area contributed by atoms with Gasteiger partial charge in [0.05, 0.1) is 21.6 Å². The topological polar surface area (TPSA) is 76.2 Å². The number of nitriles is 1. The Kier molecular flexibility index (Phi) is 4.23. The lowest BCUT2D eigenvalue weighted by atomic mass is 10.2. The summed E-state index contributed by atoms with van der Waals surface area (Å²) in [7, 11) is 0. The Hall–Kier alpha value is -2.10. The molecule has 0 bridgehead atoms. The maximum Gasteiger partial charge on any atom is 0.312 e. The average Bonchev–Trinajstić information content (AvgIpc) is 2.42. The van der Waals surface area contributed by atoms with Crippen LogP contribution in [0.25, 0.3) is 0 Å². The molecule has 0 heterocycles. The molecule has 0 saturated carbocycles. The monoisotopic (exact) mass is 352 g/mol. The molecule has 5 nitrogen and oxygen atoms in total. The van der Waals surface area contributed by atoms with Crippen LogP contribution < -0.4 is 4.74 Å². The van der Waals surface area contributed by atoms with Gasteiger partial charge in [-0.2, -0.15) is 5.26 Å². The predicted octanol–water partition coefficient (Wildman–Crippen LogP) is 4.67. The molecule has 0 saturated heterocycles. The molecule has 100 valence electrons. The number of rotatable bonds is 3. The van der Waals surface area contributed by atoms with Crippen molar-refractivity contribution in [3.8, 4) is 17.6 Å². The third-order valence-electron chi connectivity index (χ3n) is 2.40. The fourth-order valence-electron chi connectivity index (χ4n) is 1.49. The fraction of sp³-hybridized carbons (Fsp3) is 0. The molecular weight excluding hydrogens is 348 g/mol. The van der Waals surface area contributed by atoms with Gasteiger partial charge in [-0.1, -0.05) is 27.5 Å². The second-order valence-electron chi connectivity index (χ2n) is 3.73. The van der Waals surface area contributed by atoms with Crippen LogP contribution in [0, 0.1) is 21.4 Å². The van der Waals surface area contributed by atoms with Crippen LogP contribution in [0.15, 0.2) is 40.9 Å². The zero-order valence-electron chi connectivity index (χ0n) is 9.84. The standard InChI is InChI=1S/C13H6BrClN2O3/c14-9-2-4-13(11(6-9)17(18)19)20-12-3-1-8(7-16)5-10(12)15/h1-6H. The van der Waals surface area contributed by atoms with Gasteiger partial charge in [0.1, 0.15) is 5.75 Å². The highest BCUT2D eigenvalue weighted by atomic mass is 79.9. The molecule has 0 radical (unpaired) electrons. The van der Waals surface area contributed by atoms with Crippen molar-refractivity contribution < 1.29 is 9.66 Å². The van der Waals surface area contributed by atoms with Crippen LogP contribution in [-0.4, -0.2) is 4.92 Å². The van der Waals surface area contributed by atoms with Crippen molar-refractivity contribution in [1.82, 2.24) is 0 Å². The number of benzene rings is 2. The van der Waals surface area contributed by atoms with Gasteiger partial charge in [0.25, 0.3) is 0 Å². The maximum absolute atomic E-state index is 11.0. The molecule has 0 N–H and O–H groups in total. The molecule has 0 aliphatic carbocycles. The van der Waals surface area contributed by atoms with Gasteiger partial charge in [-0.15, -0.1) is 0 Å². The van der Waals surface area contributed by atoms with Gasteiger partial charge in [-0.3, -0.25) is 10.1 Å². The molecule has 0 atom stereocenters. The van der Waals surface area contributed by atoms with E-state index in [0.717, 1.165) is 0 Å². The predicted molar refractivity (Wildman–Crippen MR) is 77.0 cm³/mol. The van der Waals surface area contributed by atoms with Crippen molar-refractivity contribution >= 4 is 33.2 Å². The highest BCUT2D eigenvalue weighted by Crippen LogP contribution is 2.36. The average molecular weight is 354 g/mol. The molecule has 20 heavy (non-hydrogen) atoms. The molecule has 0 aliphatic heterocycles. The Morgan fingerprint density at radius 1 is 1.25 bits per heavy atom. The van der Waals surface area contributed by atoms with Crippen molar-refractivity contribution in [3.05, 3.63) is 61.6 Å². The van der Waals surface area contributed by atoms with Gasteiger partial charge in [0.15, 0.2) is 0 Å². The third-order valence-corrected chi connectivity index (χ3v) is 3.19. The number of hydrogen-bond acceptors (Lipinski definition) is 4. The van der Waals surface area contributed by atoms with E-state index >= 15 is 0 Å². The van der Waals surface area contributed by atoms with Crippen LogP contribution in [0.1, 0.15) is 5.56 Å². The van der Waals surface area contributed by atoms with Crippen molar-refractivity contribution in [1.29, 1.82) is 5.26 Å². The SMILES string of the molecule is N#Cc1ccc(Oc2ccc(Br)cc2[N+](=O)[O-])c(Cl)c1. The fourth-order valence-corrected chi connectivity index (χ4v) is 2.06. The molecule has 0 aromatic heterocycles. The van der Waals surface area contributed by atoms with E-state index in [-0.39, 0.29) is 22.2 Å². The van der Waals surface area contributed by atoms with Crippen LogP contribution >= 0.6 is 27.5 Å². The number of hydrogen-bond donors (Lipinski definition) is 0. The second kappa shape index (κ2) is 5.90. The van der Waals surface area contributed by atoms with E-state index in [9.17, 15) is 10.1 Å². The number of halogens is 2. The molecule has 0 fully saturated rings. The summed E-state index contributed by atoms with van der Waals surface area (Å²) in [5, 5.41) is 19.9. The summed E-state index contributed by atoms with van der Waals surface area (Å²) >= 11 is 9.13. The maximum atomic E-state index is 11.0. The first-order valence-electron chi connectivity index (χ1n) is 5.32. The first-order chi connectivity index (χ1) is 9.51.